The number of anilines is 1. The van der Waals surface area contributed by atoms with E-state index in [0.29, 0.717) is 0 Å². The molecule has 1 aliphatic carbocycles. The van der Waals surface area contributed by atoms with Gasteiger partial charge in [-0.3, -0.25) is 4.79 Å². The van der Waals surface area contributed by atoms with Gasteiger partial charge in [-0.1, -0.05) is 66.3 Å². The third kappa shape index (κ3) is 4.30. The Morgan fingerprint density at radius 3 is 2.22 bits per heavy atom. The molecular formula is C24H26N2O. The number of hydrogen-bond donors (Lipinski definition) is 0. The molecule has 0 N–H and O–H groups in total. The second-order valence-electron chi connectivity index (χ2n) is 7.28. The van der Waals surface area contributed by atoms with Crippen LogP contribution in [0.4, 0.5) is 5.69 Å². The SMILES string of the molecule is O=C(C1=CCCC(Cc2ccccc2)=C1)N1CCN(c2ccccc2)CC1. The predicted octanol–water partition coefficient (Wildman–Crippen LogP) is 4.22. The smallest absolute Gasteiger partial charge is 0.253 e. The highest BCUT2D eigenvalue weighted by Gasteiger charge is 2.24. The van der Waals surface area contributed by atoms with Crippen molar-refractivity contribution in [1.82, 2.24) is 4.90 Å². The fourth-order valence-electron chi connectivity index (χ4n) is 3.90. The average molecular weight is 358 g/mol. The molecule has 0 aromatic heterocycles. The summed E-state index contributed by atoms with van der Waals surface area (Å²) in [6, 6.07) is 21.0. The maximum absolute atomic E-state index is 13.0. The lowest BCUT2D eigenvalue weighted by Crippen LogP contribution is -2.49. The summed E-state index contributed by atoms with van der Waals surface area (Å²) in [4.78, 5) is 17.4. The summed E-state index contributed by atoms with van der Waals surface area (Å²) in [5.74, 6) is 0.188. The highest BCUT2D eigenvalue weighted by atomic mass is 16.2. The standard InChI is InChI=1S/C24H26N2O/c27-24(26-16-14-25(15-17-26)23-12-5-2-6-13-23)22-11-7-10-21(19-22)18-20-8-3-1-4-9-20/h1-6,8-9,11-13,19H,7,10,14-18H2. The van der Waals surface area contributed by atoms with E-state index in [9.17, 15) is 4.79 Å². The van der Waals surface area contributed by atoms with Gasteiger partial charge in [0.1, 0.15) is 0 Å². The molecule has 1 amide bonds. The topological polar surface area (TPSA) is 23.6 Å². The largest absolute Gasteiger partial charge is 0.368 e. The van der Waals surface area contributed by atoms with E-state index in [1.165, 1.54) is 16.8 Å². The molecular weight excluding hydrogens is 332 g/mol. The van der Waals surface area contributed by atoms with E-state index in [1.807, 2.05) is 17.0 Å². The van der Waals surface area contributed by atoms with Crippen LogP contribution in [0.2, 0.25) is 0 Å². The van der Waals surface area contributed by atoms with Crippen LogP contribution in [0.3, 0.4) is 0 Å². The van der Waals surface area contributed by atoms with Crippen molar-refractivity contribution < 1.29 is 4.79 Å². The van der Waals surface area contributed by atoms with Crippen molar-refractivity contribution in [1.29, 1.82) is 0 Å². The van der Waals surface area contributed by atoms with E-state index in [4.69, 9.17) is 0 Å². The summed E-state index contributed by atoms with van der Waals surface area (Å²) in [7, 11) is 0. The first-order chi connectivity index (χ1) is 13.3. The highest BCUT2D eigenvalue weighted by Crippen LogP contribution is 2.23. The van der Waals surface area contributed by atoms with Gasteiger partial charge < -0.3 is 9.80 Å². The summed E-state index contributed by atoms with van der Waals surface area (Å²) in [6.45, 7) is 3.35. The number of para-hydroxylation sites is 1. The predicted molar refractivity (Wildman–Crippen MR) is 111 cm³/mol. The molecule has 2 aliphatic rings. The van der Waals surface area contributed by atoms with Gasteiger partial charge in [0.2, 0.25) is 0 Å². The molecule has 3 heteroatoms. The average Bonchev–Trinajstić information content (AvgIpc) is 2.75. The third-order valence-electron chi connectivity index (χ3n) is 5.40. The summed E-state index contributed by atoms with van der Waals surface area (Å²) in [5.41, 5.74) is 4.79. The van der Waals surface area contributed by atoms with Gasteiger partial charge in [0.25, 0.3) is 5.91 Å². The second-order valence-corrected chi connectivity index (χ2v) is 7.28. The molecule has 4 rings (SSSR count). The molecule has 0 spiro atoms. The Labute approximate surface area is 161 Å². The number of benzene rings is 2. The molecule has 0 bridgehead atoms. The normalized spacial score (nSPS) is 17.3. The van der Waals surface area contributed by atoms with Crippen LogP contribution in [0, 0.1) is 0 Å². The molecule has 1 fully saturated rings. The Bertz CT molecular complexity index is 831. The molecule has 0 atom stereocenters. The van der Waals surface area contributed by atoms with Crippen LogP contribution < -0.4 is 4.90 Å². The molecule has 2 aromatic carbocycles. The monoisotopic (exact) mass is 358 g/mol. The fourth-order valence-corrected chi connectivity index (χ4v) is 3.90. The lowest BCUT2D eigenvalue weighted by molar-refractivity contribution is -0.127. The summed E-state index contributed by atoms with van der Waals surface area (Å²) in [6.07, 6.45) is 7.19. The molecule has 27 heavy (non-hydrogen) atoms. The van der Waals surface area contributed by atoms with Crippen LogP contribution in [-0.4, -0.2) is 37.0 Å². The van der Waals surface area contributed by atoms with Crippen molar-refractivity contribution >= 4 is 11.6 Å². The molecule has 1 aliphatic heterocycles. The minimum Gasteiger partial charge on any atom is -0.368 e. The maximum Gasteiger partial charge on any atom is 0.253 e. The molecule has 0 unspecified atom stereocenters. The van der Waals surface area contributed by atoms with Gasteiger partial charge in [-0.15, -0.1) is 0 Å². The fraction of sp³-hybridized carbons (Fsp3) is 0.292. The van der Waals surface area contributed by atoms with Gasteiger partial charge in [0, 0.05) is 37.4 Å². The zero-order valence-electron chi connectivity index (χ0n) is 15.7. The van der Waals surface area contributed by atoms with E-state index < -0.39 is 0 Å². The van der Waals surface area contributed by atoms with E-state index in [0.717, 1.165) is 51.0 Å². The molecule has 1 saturated heterocycles. The number of rotatable bonds is 4. The summed E-state index contributed by atoms with van der Waals surface area (Å²) >= 11 is 0. The quantitative estimate of drug-likeness (QED) is 0.817. The molecule has 138 valence electrons. The van der Waals surface area contributed by atoms with Crippen LogP contribution in [0.5, 0.6) is 0 Å². The van der Waals surface area contributed by atoms with Crippen molar-refractivity contribution in [2.24, 2.45) is 0 Å². The molecule has 1 heterocycles. The van der Waals surface area contributed by atoms with Crippen molar-refractivity contribution in [2.45, 2.75) is 19.3 Å². The number of piperazine rings is 1. The Kier molecular flexibility index (Phi) is 5.38. The first-order valence-corrected chi connectivity index (χ1v) is 9.82. The van der Waals surface area contributed by atoms with E-state index in [2.05, 4.69) is 65.6 Å². The van der Waals surface area contributed by atoms with Gasteiger partial charge >= 0.3 is 0 Å². The number of hydrogen-bond acceptors (Lipinski definition) is 2. The van der Waals surface area contributed by atoms with Gasteiger partial charge in [0.05, 0.1) is 0 Å². The van der Waals surface area contributed by atoms with Crippen molar-refractivity contribution in [3.63, 3.8) is 0 Å². The first-order valence-electron chi connectivity index (χ1n) is 9.82. The number of allylic oxidation sites excluding steroid dienone is 2. The van der Waals surface area contributed by atoms with Crippen molar-refractivity contribution in [3.05, 3.63) is 89.5 Å². The summed E-state index contributed by atoms with van der Waals surface area (Å²) in [5, 5.41) is 0. The Hall–Kier alpha value is -2.81. The number of carbonyl (C=O) groups excluding carboxylic acids is 1. The zero-order valence-corrected chi connectivity index (χ0v) is 15.7. The van der Waals surface area contributed by atoms with Crippen LogP contribution in [0.25, 0.3) is 0 Å². The van der Waals surface area contributed by atoms with Gasteiger partial charge in [-0.25, -0.2) is 0 Å². The van der Waals surface area contributed by atoms with Crippen LogP contribution in [-0.2, 0) is 11.2 Å². The van der Waals surface area contributed by atoms with E-state index in [1.54, 1.807) is 0 Å². The third-order valence-corrected chi connectivity index (χ3v) is 5.40. The highest BCUT2D eigenvalue weighted by molar-refractivity contribution is 5.96. The van der Waals surface area contributed by atoms with Crippen LogP contribution >= 0.6 is 0 Å². The van der Waals surface area contributed by atoms with Crippen LogP contribution in [0.15, 0.2) is 84.0 Å². The minimum atomic E-state index is 0.188. The van der Waals surface area contributed by atoms with Gasteiger partial charge in [-0.05, 0) is 37.0 Å². The molecule has 3 nitrogen and oxygen atoms in total. The van der Waals surface area contributed by atoms with E-state index in [-0.39, 0.29) is 5.91 Å². The maximum atomic E-state index is 13.0. The number of carbonyl (C=O) groups is 1. The Morgan fingerprint density at radius 1 is 0.852 bits per heavy atom. The molecule has 0 radical (unpaired) electrons. The van der Waals surface area contributed by atoms with E-state index >= 15 is 0 Å². The molecule has 0 saturated carbocycles. The first kappa shape index (κ1) is 17.6. The Morgan fingerprint density at radius 2 is 1.52 bits per heavy atom. The summed E-state index contributed by atoms with van der Waals surface area (Å²) < 4.78 is 0. The molecule has 2 aromatic rings. The second kappa shape index (κ2) is 8.26. The van der Waals surface area contributed by atoms with Gasteiger partial charge in [0.15, 0.2) is 0 Å². The lowest BCUT2D eigenvalue weighted by Gasteiger charge is -2.36. The number of amides is 1. The van der Waals surface area contributed by atoms with Crippen LogP contribution in [0.1, 0.15) is 18.4 Å². The van der Waals surface area contributed by atoms with Gasteiger partial charge in [-0.2, -0.15) is 0 Å². The minimum absolute atomic E-state index is 0.188. The van der Waals surface area contributed by atoms with Crippen molar-refractivity contribution in [2.75, 3.05) is 31.1 Å². The number of nitrogens with zero attached hydrogens (tertiary/aromatic N) is 2. The zero-order chi connectivity index (χ0) is 18.5. The Balaban J connectivity index is 1.37. The van der Waals surface area contributed by atoms with Crippen molar-refractivity contribution in [3.8, 4) is 0 Å². The lowest BCUT2D eigenvalue weighted by atomic mass is 9.93.